The highest BCUT2D eigenvalue weighted by Gasteiger charge is 2.30. The summed E-state index contributed by atoms with van der Waals surface area (Å²) in [5.41, 5.74) is 6.42. The first-order valence-electron chi connectivity index (χ1n) is 12.6. The van der Waals surface area contributed by atoms with E-state index in [9.17, 15) is 24.9 Å². The molecular formula is C28H39ClN2O8. The van der Waals surface area contributed by atoms with Crippen molar-refractivity contribution in [2.75, 3.05) is 19.5 Å². The lowest BCUT2D eigenvalue weighted by atomic mass is 9.88. The standard InChI is InChI=1S/C28H39ClN2O8/c1-14-10-18-24(33)19(29)13-20(25(18)34)31-27(35)15(2)8-7-9-21(37-5)26(39-28(30)36)17(4)12-16(3)23(32)22(11-14)38-6/h7-9,12-14,16,21-23,26,32-34H,10-11H2,1-6H3,(H2,30,36)(H,31,35)/b9-7?,15-8+,17-12+/t14-,16+,21+,22+,23-,26+/m1/s1. The number of halogens is 1. The van der Waals surface area contributed by atoms with E-state index in [0.717, 1.165) is 0 Å². The Balaban J connectivity index is 2.62. The summed E-state index contributed by atoms with van der Waals surface area (Å²) in [5, 5.41) is 35.2. The predicted molar refractivity (Wildman–Crippen MR) is 149 cm³/mol. The Kier molecular flexibility index (Phi) is 11.8. The molecule has 1 aromatic rings. The maximum atomic E-state index is 12.8. The van der Waals surface area contributed by atoms with E-state index in [1.807, 2.05) is 6.92 Å². The van der Waals surface area contributed by atoms with Crippen LogP contribution >= 0.6 is 11.6 Å². The van der Waals surface area contributed by atoms with Crippen LogP contribution in [0.1, 0.15) is 39.7 Å². The minimum Gasteiger partial charge on any atom is -0.506 e. The molecule has 2 rings (SSSR count). The molecule has 0 spiro atoms. The summed E-state index contributed by atoms with van der Waals surface area (Å²) in [6.07, 6.45) is 2.82. The number of benzene rings is 1. The number of fused-ring (bicyclic) bond motifs is 2. The van der Waals surface area contributed by atoms with Crippen LogP contribution in [0.2, 0.25) is 5.02 Å². The Morgan fingerprint density at radius 3 is 2.41 bits per heavy atom. The molecule has 0 radical (unpaired) electrons. The second-order valence-corrected chi connectivity index (χ2v) is 10.3. The highest BCUT2D eigenvalue weighted by atomic mass is 35.5. The van der Waals surface area contributed by atoms with Gasteiger partial charge < -0.3 is 40.6 Å². The first kappa shape index (κ1) is 32.2. The number of nitrogens with two attached hydrogens (primary N) is 1. The summed E-state index contributed by atoms with van der Waals surface area (Å²) < 4.78 is 16.5. The number of aliphatic hydroxyl groups excluding tert-OH is 1. The summed E-state index contributed by atoms with van der Waals surface area (Å²) in [6.45, 7) is 6.99. The SMILES string of the molecule is CO[C@H]1C=C/C=C(\C)C(=O)Nc2cc(Cl)c(O)c(c2O)C[C@@H](C)C[C@H](OC)[C@H](O)[C@@H](C)/C=C(\C)[C@@H]1OC(N)=O. The number of rotatable bonds is 3. The molecule has 0 aromatic heterocycles. The third-order valence-electron chi connectivity index (χ3n) is 6.78. The van der Waals surface area contributed by atoms with Crippen molar-refractivity contribution in [3.8, 4) is 11.5 Å². The van der Waals surface area contributed by atoms with Crippen molar-refractivity contribution in [3.63, 3.8) is 0 Å². The van der Waals surface area contributed by atoms with Gasteiger partial charge in [0.25, 0.3) is 5.91 Å². The number of methoxy groups -OCH3 is 2. The van der Waals surface area contributed by atoms with E-state index in [2.05, 4.69) is 5.32 Å². The summed E-state index contributed by atoms with van der Waals surface area (Å²) >= 11 is 6.22. The van der Waals surface area contributed by atoms with Crippen LogP contribution in [0.4, 0.5) is 10.5 Å². The van der Waals surface area contributed by atoms with Gasteiger partial charge in [-0.05, 0) is 44.2 Å². The first-order valence-corrected chi connectivity index (χ1v) is 13.0. The molecule has 1 aliphatic heterocycles. The van der Waals surface area contributed by atoms with Gasteiger partial charge in [0.1, 0.15) is 17.6 Å². The number of anilines is 1. The van der Waals surface area contributed by atoms with Gasteiger partial charge in [0, 0.05) is 31.3 Å². The number of phenols is 2. The highest BCUT2D eigenvalue weighted by Crippen LogP contribution is 2.42. The van der Waals surface area contributed by atoms with Crippen LogP contribution in [0.5, 0.6) is 11.5 Å². The number of carbonyl (C=O) groups excluding carboxylic acids is 2. The number of allylic oxidation sites excluding steroid dienone is 2. The maximum absolute atomic E-state index is 12.8. The van der Waals surface area contributed by atoms with E-state index in [0.29, 0.717) is 12.0 Å². The summed E-state index contributed by atoms with van der Waals surface area (Å²) in [5.74, 6) is -1.70. The van der Waals surface area contributed by atoms with Crippen molar-refractivity contribution in [1.82, 2.24) is 0 Å². The van der Waals surface area contributed by atoms with Gasteiger partial charge in [0.2, 0.25) is 0 Å². The fourth-order valence-corrected chi connectivity index (χ4v) is 4.80. The predicted octanol–water partition coefficient (Wildman–Crippen LogP) is 4.21. The van der Waals surface area contributed by atoms with Gasteiger partial charge in [-0.3, -0.25) is 4.79 Å². The topological polar surface area (TPSA) is 161 Å². The second kappa shape index (κ2) is 14.4. The van der Waals surface area contributed by atoms with Crippen LogP contribution in [-0.4, -0.2) is 66.0 Å². The molecule has 1 aliphatic rings. The van der Waals surface area contributed by atoms with Gasteiger partial charge in [-0.15, -0.1) is 0 Å². The number of amides is 2. The zero-order valence-electron chi connectivity index (χ0n) is 23.1. The van der Waals surface area contributed by atoms with Crippen LogP contribution in [0.3, 0.4) is 0 Å². The average molecular weight is 567 g/mol. The van der Waals surface area contributed by atoms with Gasteiger partial charge in [0.05, 0.1) is 22.9 Å². The molecule has 2 amide bonds. The highest BCUT2D eigenvalue weighted by molar-refractivity contribution is 6.32. The molecule has 11 heteroatoms. The minimum atomic E-state index is -0.993. The third-order valence-corrected chi connectivity index (χ3v) is 7.06. The number of aromatic hydroxyl groups is 2. The summed E-state index contributed by atoms with van der Waals surface area (Å²) in [4.78, 5) is 24.5. The molecule has 0 saturated heterocycles. The van der Waals surface area contributed by atoms with E-state index in [4.69, 9.17) is 31.5 Å². The molecule has 6 atom stereocenters. The quantitative estimate of drug-likeness (QED) is 0.206. The molecule has 216 valence electrons. The van der Waals surface area contributed by atoms with Gasteiger partial charge >= 0.3 is 6.09 Å². The Morgan fingerprint density at radius 1 is 1.15 bits per heavy atom. The summed E-state index contributed by atoms with van der Waals surface area (Å²) in [6, 6.07) is 1.27. The number of nitrogens with one attached hydrogen (secondary N) is 1. The molecule has 10 nitrogen and oxygen atoms in total. The second-order valence-electron chi connectivity index (χ2n) is 9.91. The fraction of sp³-hybridized carbons (Fsp3) is 0.500. The van der Waals surface area contributed by atoms with Crippen molar-refractivity contribution in [1.29, 1.82) is 0 Å². The van der Waals surface area contributed by atoms with Crippen LogP contribution in [0, 0.1) is 11.8 Å². The molecule has 6 N–H and O–H groups in total. The van der Waals surface area contributed by atoms with Crippen molar-refractivity contribution in [2.24, 2.45) is 17.6 Å². The largest absolute Gasteiger partial charge is 0.506 e. The molecule has 0 aliphatic carbocycles. The number of phenolic OH excluding ortho intramolecular Hbond substituents is 2. The Hall–Kier alpha value is -3.05. The monoisotopic (exact) mass is 566 g/mol. The van der Waals surface area contributed by atoms with Gasteiger partial charge in [-0.2, -0.15) is 0 Å². The normalized spacial score (nSPS) is 30.0. The van der Waals surface area contributed by atoms with E-state index < -0.39 is 42.3 Å². The Labute approximate surface area is 234 Å². The number of carbonyl (C=O) groups is 2. The van der Waals surface area contributed by atoms with Crippen molar-refractivity contribution < 1.29 is 39.1 Å². The molecular weight excluding hydrogens is 528 g/mol. The maximum Gasteiger partial charge on any atom is 0.405 e. The zero-order valence-corrected chi connectivity index (χ0v) is 23.9. The molecule has 1 heterocycles. The molecule has 0 fully saturated rings. The molecule has 2 bridgehead atoms. The van der Waals surface area contributed by atoms with E-state index in [1.54, 1.807) is 39.0 Å². The molecule has 0 saturated carbocycles. The average Bonchev–Trinajstić information content (AvgIpc) is 2.88. The number of ether oxygens (including phenoxy) is 3. The lowest BCUT2D eigenvalue weighted by Crippen LogP contribution is -2.37. The van der Waals surface area contributed by atoms with Crippen LogP contribution in [0.15, 0.2) is 41.5 Å². The van der Waals surface area contributed by atoms with E-state index in [1.165, 1.54) is 26.4 Å². The lowest BCUT2D eigenvalue weighted by molar-refractivity contribution is -0.112. The smallest absolute Gasteiger partial charge is 0.405 e. The number of primary amides is 1. The van der Waals surface area contributed by atoms with E-state index >= 15 is 0 Å². The Morgan fingerprint density at radius 2 is 1.82 bits per heavy atom. The van der Waals surface area contributed by atoms with Crippen LogP contribution in [0.25, 0.3) is 0 Å². The van der Waals surface area contributed by atoms with Gasteiger partial charge in [-0.25, -0.2) is 4.79 Å². The van der Waals surface area contributed by atoms with Gasteiger partial charge in [-0.1, -0.05) is 49.8 Å². The first-order chi connectivity index (χ1) is 18.3. The lowest BCUT2D eigenvalue weighted by Gasteiger charge is -2.29. The molecule has 1 aromatic carbocycles. The van der Waals surface area contributed by atoms with E-state index in [-0.39, 0.29) is 45.7 Å². The van der Waals surface area contributed by atoms with Crippen molar-refractivity contribution >= 4 is 29.3 Å². The van der Waals surface area contributed by atoms with Crippen LogP contribution < -0.4 is 11.1 Å². The number of hydrogen-bond donors (Lipinski definition) is 5. The van der Waals surface area contributed by atoms with Crippen molar-refractivity contribution in [3.05, 3.63) is 52.1 Å². The van der Waals surface area contributed by atoms with Crippen molar-refractivity contribution in [2.45, 2.75) is 65.0 Å². The number of aliphatic hydroxyl groups is 1. The third kappa shape index (κ3) is 8.47. The number of hydrogen-bond acceptors (Lipinski definition) is 8. The molecule has 0 unspecified atom stereocenters. The molecule has 39 heavy (non-hydrogen) atoms. The zero-order chi connectivity index (χ0) is 29.4. The van der Waals surface area contributed by atoms with Gasteiger partial charge in [0.15, 0.2) is 6.10 Å². The fourth-order valence-electron chi connectivity index (χ4n) is 4.57. The minimum absolute atomic E-state index is 0.0290. The Bertz CT molecular complexity index is 1130. The van der Waals surface area contributed by atoms with Crippen LogP contribution in [-0.2, 0) is 25.4 Å². The summed E-state index contributed by atoms with van der Waals surface area (Å²) in [7, 11) is 2.93.